The Labute approximate surface area is 197 Å². The number of hydrogen-bond acceptors (Lipinski definition) is 5. The van der Waals surface area contributed by atoms with Crippen LogP contribution in [-0.2, 0) is 9.59 Å². The largest absolute Gasteiger partial charge is 0.493 e. The molecule has 30 heavy (non-hydrogen) atoms. The van der Waals surface area contributed by atoms with Gasteiger partial charge in [-0.15, -0.1) is 0 Å². The first-order valence-electron chi connectivity index (χ1n) is 8.64. The normalized spacial score (nSPS) is 15.2. The van der Waals surface area contributed by atoms with Gasteiger partial charge in [0.15, 0.2) is 16.6 Å². The van der Waals surface area contributed by atoms with Crippen molar-refractivity contribution in [1.82, 2.24) is 5.32 Å². The summed E-state index contributed by atoms with van der Waals surface area (Å²) in [5.74, 6) is -0.0731. The molecule has 2 amide bonds. The molecule has 0 radical (unpaired) electrons. The van der Waals surface area contributed by atoms with Crippen LogP contribution < -0.4 is 19.7 Å². The van der Waals surface area contributed by atoms with E-state index in [0.29, 0.717) is 34.4 Å². The predicted octanol–water partition coefficient (Wildman–Crippen LogP) is 4.35. The summed E-state index contributed by atoms with van der Waals surface area (Å²) in [5, 5.41) is 3.08. The molecule has 0 saturated carbocycles. The minimum Gasteiger partial charge on any atom is -0.493 e. The average molecular weight is 555 g/mol. The van der Waals surface area contributed by atoms with Gasteiger partial charge in [-0.3, -0.25) is 19.8 Å². The fourth-order valence-corrected chi connectivity index (χ4v) is 3.94. The van der Waals surface area contributed by atoms with Gasteiger partial charge in [0, 0.05) is 5.02 Å². The summed E-state index contributed by atoms with van der Waals surface area (Å²) >= 11 is 13.2. The van der Waals surface area contributed by atoms with E-state index >= 15 is 0 Å². The molecule has 6 nitrogen and oxygen atoms in total. The quantitative estimate of drug-likeness (QED) is 0.189. The molecule has 1 fully saturated rings. The number of thiocarbonyl (C=S) groups is 1. The number of rotatable bonds is 6. The summed E-state index contributed by atoms with van der Waals surface area (Å²) in [6.07, 6.45) is 3.12. The van der Waals surface area contributed by atoms with Gasteiger partial charge in [0.2, 0.25) is 0 Å². The number of hydrogen-bond donors (Lipinski definition) is 1. The predicted molar refractivity (Wildman–Crippen MR) is 129 cm³/mol. The van der Waals surface area contributed by atoms with E-state index in [4.69, 9.17) is 33.3 Å². The van der Waals surface area contributed by atoms with Crippen molar-refractivity contribution in [3.05, 3.63) is 68.8 Å². The molecule has 0 aromatic heterocycles. The van der Waals surface area contributed by atoms with E-state index in [1.165, 1.54) is 18.1 Å². The number of halogens is 2. The Bertz CT molecular complexity index is 1070. The van der Waals surface area contributed by atoms with Crippen LogP contribution in [0.15, 0.2) is 54.6 Å². The number of nitrogens with one attached hydrogen (secondary N) is 1. The monoisotopic (exact) mass is 554 g/mol. The van der Waals surface area contributed by atoms with E-state index in [0.717, 1.165) is 3.57 Å². The molecule has 1 heterocycles. The van der Waals surface area contributed by atoms with Gasteiger partial charge >= 0.3 is 0 Å². The van der Waals surface area contributed by atoms with Gasteiger partial charge in [0.25, 0.3) is 11.8 Å². The van der Waals surface area contributed by atoms with Gasteiger partial charge in [-0.1, -0.05) is 24.3 Å². The number of carbonyl (C=O) groups excluding carboxylic acids is 2. The first kappa shape index (κ1) is 22.3. The molecular formula is C21H16ClIN2O4S. The Balaban J connectivity index is 2.01. The highest BCUT2D eigenvalue weighted by molar-refractivity contribution is 14.1. The molecule has 1 saturated heterocycles. The lowest BCUT2D eigenvalue weighted by molar-refractivity contribution is -0.122. The van der Waals surface area contributed by atoms with Crippen LogP contribution >= 0.6 is 46.4 Å². The molecule has 2 aromatic rings. The highest BCUT2D eigenvalue weighted by atomic mass is 127. The van der Waals surface area contributed by atoms with Crippen molar-refractivity contribution in [1.29, 1.82) is 0 Å². The maximum absolute atomic E-state index is 13.1. The standard InChI is InChI=1S/C21H16ClIN2O4S/c1-3-8-29-18-16(23)10-12(11-17(18)28-2)9-15-19(26)24-21(30)25(20(15)27)14-6-4-13(22)5-7-14/h3-7,9-11H,1,8H2,2H3,(H,24,26,30)/b15-9-. The highest BCUT2D eigenvalue weighted by Crippen LogP contribution is 2.35. The molecule has 154 valence electrons. The molecule has 0 unspecified atom stereocenters. The number of ether oxygens (including phenoxy) is 2. The van der Waals surface area contributed by atoms with E-state index < -0.39 is 11.8 Å². The summed E-state index contributed by atoms with van der Waals surface area (Å²) < 4.78 is 11.8. The van der Waals surface area contributed by atoms with Crippen molar-refractivity contribution in [3.8, 4) is 11.5 Å². The van der Waals surface area contributed by atoms with E-state index in [1.54, 1.807) is 42.5 Å². The fraction of sp³-hybridized carbons (Fsp3) is 0.0952. The van der Waals surface area contributed by atoms with Gasteiger partial charge in [-0.25, -0.2) is 0 Å². The van der Waals surface area contributed by atoms with Gasteiger partial charge in [0.05, 0.1) is 16.4 Å². The van der Waals surface area contributed by atoms with Gasteiger partial charge in [-0.05, 0) is 82.8 Å². The van der Waals surface area contributed by atoms with Crippen LogP contribution in [0.25, 0.3) is 6.08 Å². The molecule has 2 aromatic carbocycles. The van der Waals surface area contributed by atoms with Gasteiger partial charge in [-0.2, -0.15) is 0 Å². The van der Waals surface area contributed by atoms with Crippen LogP contribution in [0.1, 0.15) is 5.56 Å². The molecule has 1 N–H and O–H groups in total. The zero-order chi connectivity index (χ0) is 21.8. The third-order valence-electron chi connectivity index (χ3n) is 4.09. The third-order valence-corrected chi connectivity index (χ3v) is 5.43. The second kappa shape index (κ2) is 9.59. The number of benzene rings is 2. The zero-order valence-electron chi connectivity index (χ0n) is 15.8. The zero-order valence-corrected chi connectivity index (χ0v) is 19.5. The lowest BCUT2D eigenvalue weighted by Crippen LogP contribution is -2.54. The number of methoxy groups -OCH3 is 1. The molecule has 1 aliphatic heterocycles. The maximum Gasteiger partial charge on any atom is 0.270 e. The highest BCUT2D eigenvalue weighted by Gasteiger charge is 2.34. The summed E-state index contributed by atoms with van der Waals surface area (Å²) in [5.41, 5.74) is 1.04. The SMILES string of the molecule is C=CCOc1c(I)cc(/C=C2/C(=O)NC(=S)N(c3ccc(Cl)cc3)C2=O)cc1OC. The van der Waals surface area contributed by atoms with E-state index in [9.17, 15) is 9.59 Å². The molecule has 0 aliphatic carbocycles. The fourth-order valence-electron chi connectivity index (χ4n) is 2.75. The molecule has 9 heteroatoms. The number of carbonyl (C=O) groups is 2. The summed E-state index contributed by atoms with van der Waals surface area (Å²) in [4.78, 5) is 26.8. The van der Waals surface area contributed by atoms with Crippen LogP contribution in [0.2, 0.25) is 5.02 Å². The summed E-state index contributed by atoms with van der Waals surface area (Å²) in [7, 11) is 1.52. The Morgan fingerprint density at radius 1 is 1.27 bits per heavy atom. The second-order valence-corrected chi connectivity index (χ2v) is 8.05. The van der Waals surface area contributed by atoms with Crippen LogP contribution in [0, 0.1) is 3.57 Å². The lowest BCUT2D eigenvalue weighted by Gasteiger charge is -2.29. The van der Waals surface area contributed by atoms with Crippen molar-refractivity contribution in [3.63, 3.8) is 0 Å². The average Bonchev–Trinajstić information content (AvgIpc) is 2.71. The summed E-state index contributed by atoms with van der Waals surface area (Å²) in [6.45, 7) is 3.95. The van der Waals surface area contributed by atoms with Crippen LogP contribution in [0.4, 0.5) is 5.69 Å². The molecule has 0 spiro atoms. The van der Waals surface area contributed by atoms with Crippen molar-refractivity contribution in [2.24, 2.45) is 0 Å². The Morgan fingerprint density at radius 3 is 2.60 bits per heavy atom. The smallest absolute Gasteiger partial charge is 0.270 e. The van der Waals surface area contributed by atoms with Gasteiger partial charge < -0.3 is 9.47 Å². The van der Waals surface area contributed by atoms with E-state index in [1.807, 2.05) is 0 Å². The Morgan fingerprint density at radius 2 is 1.97 bits per heavy atom. The van der Waals surface area contributed by atoms with E-state index in [-0.39, 0.29) is 10.7 Å². The van der Waals surface area contributed by atoms with Crippen LogP contribution in [-0.4, -0.2) is 30.6 Å². The minimum absolute atomic E-state index is 0.00445. The molecule has 0 atom stereocenters. The Hall–Kier alpha value is -2.43. The Kier molecular flexibility index (Phi) is 7.11. The summed E-state index contributed by atoms with van der Waals surface area (Å²) in [6, 6.07) is 10.1. The first-order valence-corrected chi connectivity index (χ1v) is 10.5. The van der Waals surface area contributed by atoms with E-state index in [2.05, 4.69) is 34.5 Å². The van der Waals surface area contributed by atoms with Crippen LogP contribution in [0.3, 0.4) is 0 Å². The molecule has 1 aliphatic rings. The molecule has 0 bridgehead atoms. The lowest BCUT2D eigenvalue weighted by atomic mass is 10.1. The van der Waals surface area contributed by atoms with Crippen LogP contribution in [0.5, 0.6) is 11.5 Å². The topological polar surface area (TPSA) is 67.9 Å². The molecular weight excluding hydrogens is 539 g/mol. The van der Waals surface area contributed by atoms with Crippen molar-refractivity contribution >= 4 is 75.1 Å². The van der Waals surface area contributed by atoms with Crippen molar-refractivity contribution < 1.29 is 19.1 Å². The maximum atomic E-state index is 13.1. The number of amides is 2. The second-order valence-electron chi connectivity index (χ2n) is 6.07. The van der Waals surface area contributed by atoms with Gasteiger partial charge in [0.1, 0.15) is 12.2 Å². The minimum atomic E-state index is -0.573. The third kappa shape index (κ3) is 4.66. The van der Waals surface area contributed by atoms with Crippen molar-refractivity contribution in [2.75, 3.05) is 18.6 Å². The van der Waals surface area contributed by atoms with Crippen molar-refractivity contribution in [2.45, 2.75) is 0 Å². The number of anilines is 1. The first-order chi connectivity index (χ1) is 14.3. The number of nitrogens with zero attached hydrogens (tertiary/aromatic N) is 1. The molecule has 3 rings (SSSR count).